The van der Waals surface area contributed by atoms with E-state index in [1.54, 1.807) is 18.2 Å². The molecule has 2 heterocycles. The minimum atomic E-state index is -0.477. The Morgan fingerprint density at radius 2 is 1.96 bits per heavy atom. The number of rotatable bonds is 3. The van der Waals surface area contributed by atoms with Crippen molar-refractivity contribution in [2.24, 2.45) is 0 Å². The molecular weight excluding hydrogens is 467 g/mol. The maximum Gasteiger partial charge on any atom is 0.291 e. The highest BCUT2D eigenvalue weighted by Crippen LogP contribution is 2.21. The molecule has 4 aromatic rings. The summed E-state index contributed by atoms with van der Waals surface area (Å²) in [7, 11) is 0. The van der Waals surface area contributed by atoms with Crippen molar-refractivity contribution < 1.29 is 4.92 Å². The summed E-state index contributed by atoms with van der Waals surface area (Å²) in [6, 6.07) is 13.8. The second-order valence-electron chi connectivity index (χ2n) is 5.40. The largest absolute Gasteiger partial charge is 0.291 e. The Kier molecular flexibility index (Phi) is 4.24. The molecule has 0 atom stereocenters. The zero-order valence-corrected chi connectivity index (χ0v) is 16.0. The zero-order valence-electron chi connectivity index (χ0n) is 13.0. The van der Waals surface area contributed by atoms with Gasteiger partial charge in [-0.2, -0.15) is 9.50 Å². The summed E-state index contributed by atoms with van der Waals surface area (Å²) in [5.74, 6) is 0.290. The first-order valence-corrected chi connectivity index (χ1v) is 9.32. The van der Waals surface area contributed by atoms with E-state index < -0.39 is 4.92 Å². The lowest BCUT2D eigenvalue weighted by Crippen LogP contribution is -2.23. The van der Waals surface area contributed by atoms with Gasteiger partial charge in [0.05, 0.1) is 9.46 Å². The van der Waals surface area contributed by atoms with E-state index in [9.17, 15) is 14.9 Å². The molecule has 4 rings (SSSR count). The van der Waals surface area contributed by atoms with Crippen LogP contribution in [0.15, 0.2) is 53.3 Å². The van der Waals surface area contributed by atoms with Crippen molar-refractivity contribution >= 4 is 50.7 Å². The summed E-state index contributed by atoms with van der Waals surface area (Å²) in [6.45, 7) is 0. The van der Waals surface area contributed by atoms with Gasteiger partial charge in [0.15, 0.2) is 5.82 Å². The number of halogens is 1. The van der Waals surface area contributed by atoms with Crippen molar-refractivity contribution in [1.29, 1.82) is 0 Å². The Morgan fingerprint density at radius 1 is 1.19 bits per heavy atom. The Balaban J connectivity index is 1.79. The van der Waals surface area contributed by atoms with Gasteiger partial charge in [-0.1, -0.05) is 35.6 Å². The first kappa shape index (κ1) is 16.8. The summed E-state index contributed by atoms with van der Waals surface area (Å²) in [6.07, 6.45) is 1.80. The van der Waals surface area contributed by atoms with Gasteiger partial charge in [-0.15, -0.1) is 5.10 Å². The fourth-order valence-corrected chi connectivity index (χ4v) is 3.69. The molecule has 0 aliphatic heterocycles. The Labute approximate surface area is 163 Å². The van der Waals surface area contributed by atoms with Gasteiger partial charge in [-0.05, 0) is 46.4 Å². The number of fused-ring (bicyclic) bond motifs is 1. The fraction of sp³-hybridized carbons (Fsp3) is 0. The Hall–Kier alpha value is -2.66. The maximum absolute atomic E-state index is 12.5. The minimum absolute atomic E-state index is 0.0456. The molecule has 0 aliphatic rings. The highest BCUT2D eigenvalue weighted by Gasteiger charge is 2.14. The SMILES string of the molecule is O=c1/c(=C\c2ccc(I)cc2)sc2nc(-c3cccc([N+](=O)[O-])c3)nn12. The number of nitro groups is 1. The quantitative estimate of drug-likeness (QED) is 0.258. The second-order valence-corrected chi connectivity index (χ2v) is 7.66. The molecule has 2 aromatic carbocycles. The summed E-state index contributed by atoms with van der Waals surface area (Å²) in [5.41, 5.74) is 1.12. The molecule has 0 amide bonds. The normalized spacial score (nSPS) is 12.0. The average Bonchev–Trinajstić information content (AvgIpc) is 3.17. The van der Waals surface area contributed by atoms with Gasteiger partial charge < -0.3 is 0 Å². The monoisotopic (exact) mass is 476 g/mol. The lowest BCUT2D eigenvalue weighted by molar-refractivity contribution is -0.384. The van der Waals surface area contributed by atoms with Gasteiger partial charge in [-0.25, -0.2) is 0 Å². The van der Waals surface area contributed by atoms with Crippen LogP contribution in [0.25, 0.3) is 22.4 Å². The number of hydrogen-bond donors (Lipinski definition) is 0. The highest BCUT2D eigenvalue weighted by atomic mass is 127. The molecule has 0 fully saturated rings. The van der Waals surface area contributed by atoms with E-state index in [0.29, 0.717) is 15.1 Å². The topological polar surface area (TPSA) is 90.4 Å². The Bertz CT molecular complexity index is 1250. The van der Waals surface area contributed by atoms with E-state index in [1.807, 2.05) is 24.3 Å². The number of thiazole rings is 1. The number of hydrogen-bond acceptors (Lipinski definition) is 6. The van der Waals surface area contributed by atoms with E-state index in [4.69, 9.17) is 0 Å². The van der Waals surface area contributed by atoms with Crippen molar-refractivity contribution in [2.45, 2.75) is 0 Å². The van der Waals surface area contributed by atoms with Crippen LogP contribution in [0.2, 0.25) is 0 Å². The zero-order chi connectivity index (χ0) is 18.3. The van der Waals surface area contributed by atoms with Crippen LogP contribution in [-0.4, -0.2) is 19.5 Å². The van der Waals surface area contributed by atoms with E-state index in [-0.39, 0.29) is 17.1 Å². The summed E-state index contributed by atoms with van der Waals surface area (Å²) in [5, 5.41) is 15.1. The average molecular weight is 476 g/mol. The van der Waals surface area contributed by atoms with E-state index in [2.05, 4.69) is 32.7 Å². The van der Waals surface area contributed by atoms with Crippen LogP contribution < -0.4 is 10.1 Å². The van der Waals surface area contributed by atoms with Crippen LogP contribution in [0.1, 0.15) is 5.56 Å². The molecule has 0 spiro atoms. The highest BCUT2D eigenvalue weighted by molar-refractivity contribution is 14.1. The van der Waals surface area contributed by atoms with E-state index >= 15 is 0 Å². The van der Waals surface area contributed by atoms with Gasteiger partial charge in [0, 0.05) is 21.3 Å². The summed E-state index contributed by atoms with van der Waals surface area (Å²) >= 11 is 3.46. The van der Waals surface area contributed by atoms with Gasteiger partial charge in [0.1, 0.15) is 0 Å². The molecule has 0 N–H and O–H groups in total. The Morgan fingerprint density at radius 3 is 2.65 bits per heavy atom. The smallest absolute Gasteiger partial charge is 0.266 e. The van der Waals surface area contributed by atoms with E-state index in [1.165, 1.54) is 28.0 Å². The molecule has 0 saturated carbocycles. The fourth-order valence-electron chi connectivity index (χ4n) is 2.42. The molecule has 0 bridgehead atoms. The predicted octanol–water partition coefficient (Wildman–Crippen LogP) is 2.88. The van der Waals surface area contributed by atoms with Gasteiger partial charge in [-0.3, -0.25) is 14.9 Å². The lowest BCUT2D eigenvalue weighted by atomic mass is 10.2. The van der Waals surface area contributed by atoms with Crippen LogP contribution >= 0.6 is 33.9 Å². The van der Waals surface area contributed by atoms with Gasteiger partial charge in [0.25, 0.3) is 11.2 Å². The number of non-ortho nitro benzene ring substituents is 1. The number of benzene rings is 2. The van der Waals surface area contributed by atoms with Crippen LogP contribution in [0.3, 0.4) is 0 Å². The van der Waals surface area contributed by atoms with Crippen molar-refractivity contribution in [3.05, 3.63) is 82.7 Å². The standard InChI is InChI=1S/C17H9IN4O3S/c18-12-6-4-10(5-7-12)8-14-16(23)21-17(26-14)19-15(20-21)11-2-1-3-13(9-11)22(24)25/h1-9H/b14-8+. The van der Waals surface area contributed by atoms with Crippen LogP contribution in [0, 0.1) is 13.7 Å². The van der Waals surface area contributed by atoms with Crippen molar-refractivity contribution in [1.82, 2.24) is 14.6 Å². The third-order valence-corrected chi connectivity index (χ3v) is 5.34. The third kappa shape index (κ3) is 3.10. The molecular formula is C17H9IN4O3S. The maximum atomic E-state index is 12.5. The third-order valence-electron chi connectivity index (χ3n) is 3.66. The molecule has 128 valence electrons. The van der Waals surface area contributed by atoms with Gasteiger partial charge in [0.2, 0.25) is 4.96 Å². The molecule has 0 aliphatic carbocycles. The molecule has 0 saturated heterocycles. The molecule has 2 aromatic heterocycles. The molecule has 9 heteroatoms. The molecule has 7 nitrogen and oxygen atoms in total. The first-order valence-electron chi connectivity index (χ1n) is 7.43. The number of nitrogens with zero attached hydrogens (tertiary/aromatic N) is 4. The molecule has 0 unspecified atom stereocenters. The second kappa shape index (κ2) is 6.57. The molecule has 26 heavy (non-hydrogen) atoms. The van der Waals surface area contributed by atoms with Crippen molar-refractivity contribution in [3.8, 4) is 11.4 Å². The van der Waals surface area contributed by atoms with E-state index in [0.717, 1.165) is 9.13 Å². The lowest BCUT2D eigenvalue weighted by Gasteiger charge is -1.94. The number of nitro benzene ring substituents is 1. The van der Waals surface area contributed by atoms with Crippen molar-refractivity contribution in [3.63, 3.8) is 0 Å². The summed E-state index contributed by atoms with van der Waals surface area (Å²) in [4.78, 5) is 27.8. The minimum Gasteiger partial charge on any atom is -0.266 e. The first-order chi connectivity index (χ1) is 12.5. The molecule has 0 radical (unpaired) electrons. The van der Waals surface area contributed by atoms with Crippen LogP contribution in [0.4, 0.5) is 5.69 Å². The number of aromatic nitrogens is 3. The predicted molar refractivity (Wildman–Crippen MR) is 107 cm³/mol. The van der Waals surface area contributed by atoms with Gasteiger partial charge >= 0.3 is 0 Å². The summed E-state index contributed by atoms with van der Waals surface area (Å²) < 4.78 is 2.88. The van der Waals surface area contributed by atoms with Crippen LogP contribution in [0.5, 0.6) is 0 Å². The van der Waals surface area contributed by atoms with Crippen LogP contribution in [-0.2, 0) is 0 Å². The van der Waals surface area contributed by atoms with Crippen molar-refractivity contribution in [2.75, 3.05) is 0 Å².